The zero-order valence-electron chi connectivity index (χ0n) is 10.8. The van der Waals surface area contributed by atoms with Gasteiger partial charge in [-0.3, -0.25) is 4.79 Å². The quantitative estimate of drug-likeness (QED) is 0.769. The van der Waals surface area contributed by atoms with Crippen molar-refractivity contribution in [2.45, 2.75) is 44.7 Å². The van der Waals surface area contributed by atoms with E-state index in [-0.39, 0.29) is 17.6 Å². The second-order valence-corrected chi connectivity index (χ2v) is 5.23. The number of hydrogen-bond donors (Lipinski definition) is 0. The molecule has 2 rings (SSSR count). The first-order valence-corrected chi connectivity index (χ1v) is 6.59. The van der Waals surface area contributed by atoms with Crippen LogP contribution in [0.2, 0.25) is 0 Å². The van der Waals surface area contributed by atoms with Crippen molar-refractivity contribution in [3.8, 4) is 0 Å². The van der Waals surface area contributed by atoms with E-state index in [0.29, 0.717) is 6.42 Å². The highest BCUT2D eigenvalue weighted by Gasteiger charge is 2.31. The van der Waals surface area contributed by atoms with Crippen molar-refractivity contribution in [2.24, 2.45) is 5.92 Å². The third kappa shape index (κ3) is 3.17. The fourth-order valence-corrected chi connectivity index (χ4v) is 2.75. The lowest BCUT2D eigenvalue weighted by Crippen LogP contribution is -2.24. The van der Waals surface area contributed by atoms with E-state index in [2.05, 4.69) is 0 Å². The minimum Gasteiger partial charge on any atom is -0.299 e. The molecule has 1 aromatic carbocycles. The summed E-state index contributed by atoms with van der Waals surface area (Å²) < 4.78 is 37.4. The van der Waals surface area contributed by atoms with E-state index in [1.165, 1.54) is 12.1 Å². The number of Topliss-reactive ketones (excluding diaryl/α,β-unsaturated/α-hetero) is 1. The van der Waals surface area contributed by atoms with E-state index in [0.717, 1.165) is 37.0 Å². The summed E-state index contributed by atoms with van der Waals surface area (Å²) in [6, 6.07) is 5.18. The van der Waals surface area contributed by atoms with Crippen molar-refractivity contribution in [2.75, 3.05) is 0 Å². The molecule has 0 aromatic heterocycles. The van der Waals surface area contributed by atoms with Crippen LogP contribution in [0.4, 0.5) is 13.2 Å². The summed E-state index contributed by atoms with van der Waals surface area (Å²) in [5, 5.41) is 0. The number of halogens is 3. The Hall–Kier alpha value is -1.32. The first-order valence-electron chi connectivity index (χ1n) is 6.59. The average Bonchev–Trinajstić information content (AvgIpc) is 2.38. The summed E-state index contributed by atoms with van der Waals surface area (Å²) in [6.45, 7) is 1.93. The van der Waals surface area contributed by atoms with Gasteiger partial charge < -0.3 is 0 Å². The maximum absolute atomic E-state index is 12.5. The molecule has 0 bridgehead atoms. The average molecular weight is 270 g/mol. The molecule has 0 saturated heterocycles. The highest BCUT2D eigenvalue weighted by atomic mass is 19.4. The molecular formula is C15H17F3O. The standard InChI is InChI=1S/C15H17F3O/c1-10(13-4-2-3-5-14(13)19)11-6-8-12(9-7-11)15(16,17)18/h6-10,13H,2-5H2,1H3/t10?,13-/m0/s1. The van der Waals surface area contributed by atoms with Gasteiger partial charge in [0.1, 0.15) is 5.78 Å². The number of alkyl halides is 3. The van der Waals surface area contributed by atoms with Gasteiger partial charge in [-0.25, -0.2) is 0 Å². The minimum absolute atomic E-state index is 0.00455. The molecule has 0 heterocycles. The smallest absolute Gasteiger partial charge is 0.299 e. The molecule has 1 aliphatic carbocycles. The van der Waals surface area contributed by atoms with E-state index >= 15 is 0 Å². The van der Waals surface area contributed by atoms with Crippen LogP contribution in [0.5, 0.6) is 0 Å². The van der Waals surface area contributed by atoms with Crippen molar-refractivity contribution >= 4 is 5.78 Å². The summed E-state index contributed by atoms with van der Waals surface area (Å²) in [5.41, 5.74) is 0.173. The molecule has 1 fully saturated rings. The molecule has 1 saturated carbocycles. The Bertz CT molecular complexity index is 447. The largest absolute Gasteiger partial charge is 0.416 e. The van der Waals surface area contributed by atoms with Gasteiger partial charge in [-0.05, 0) is 36.5 Å². The first kappa shape index (κ1) is 14.1. The molecule has 0 aliphatic heterocycles. The lowest BCUT2D eigenvalue weighted by Gasteiger charge is -2.26. The van der Waals surface area contributed by atoms with Crippen LogP contribution in [-0.4, -0.2) is 5.78 Å². The normalized spacial score (nSPS) is 22.3. The molecule has 4 heteroatoms. The number of benzene rings is 1. The molecular weight excluding hydrogens is 253 g/mol. The number of ketones is 1. The van der Waals surface area contributed by atoms with Crippen molar-refractivity contribution in [3.63, 3.8) is 0 Å². The zero-order chi connectivity index (χ0) is 14.0. The Kier molecular flexibility index (Phi) is 3.97. The highest BCUT2D eigenvalue weighted by molar-refractivity contribution is 5.82. The highest BCUT2D eigenvalue weighted by Crippen LogP contribution is 2.35. The van der Waals surface area contributed by atoms with Gasteiger partial charge in [0.25, 0.3) is 0 Å². The van der Waals surface area contributed by atoms with Crippen LogP contribution in [-0.2, 0) is 11.0 Å². The van der Waals surface area contributed by atoms with Gasteiger partial charge in [-0.15, -0.1) is 0 Å². The minimum atomic E-state index is -4.30. The van der Waals surface area contributed by atoms with Crippen LogP contribution < -0.4 is 0 Å². The Labute approximate surface area is 110 Å². The van der Waals surface area contributed by atoms with Crippen molar-refractivity contribution in [1.29, 1.82) is 0 Å². The first-order chi connectivity index (χ1) is 8.89. The second kappa shape index (κ2) is 5.35. The zero-order valence-corrected chi connectivity index (χ0v) is 10.8. The molecule has 2 atom stereocenters. The summed E-state index contributed by atoms with van der Waals surface area (Å²) in [4.78, 5) is 11.9. The van der Waals surface area contributed by atoms with Crippen LogP contribution in [0.1, 0.15) is 49.7 Å². The molecule has 0 spiro atoms. The van der Waals surface area contributed by atoms with E-state index < -0.39 is 11.7 Å². The van der Waals surface area contributed by atoms with E-state index in [4.69, 9.17) is 0 Å². The lowest BCUT2D eigenvalue weighted by molar-refractivity contribution is -0.137. The van der Waals surface area contributed by atoms with Gasteiger partial charge in [0.2, 0.25) is 0 Å². The molecule has 0 N–H and O–H groups in total. The summed E-state index contributed by atoms with van der Waals surface area (Å²) in [6.07, 6.45) is -0.879. The third-order valence-electron chi connectivity index (χ3n) is 3.97. The summed E-state index contributed by atoms with van der Waals surface area (Å²) in [7, 11) is 0. The SMILES string of the molecule is CC(c1ccc(C(F)(F)F)cc1)[C@@H]1CCCCC1=O. The van der Waals surface area contributed by atoms with Crippen molar-refractivity contribution in [3.05, 3.63) is 35.4 Å². The van der Waals surface area contributed by atoms with E-state index in [1.54, 1.807) is 0 Å². The van der Waals surface area contributed by atoms with Crippen molar-refractivity contribution < 1.29 is 18.0 Å². The van der Waals surface area contributed by atoms with E-state index in [1.807, 2.05) is 6.92 Å². The topological polar surface area (TPSA) is 17.1 Å². The molecule has 0 amide bonds. The van der Waals surface area contributed by atoms with Crippen LogP contribution in [0.25, 0.3) is 0 Å². The van der Waals surface area contributed by atoms with Gasteiger partial charge in [0, 0.05) is 12.3 Å². The maximum Gasteiger partial charge on any atom is 0.416 e. The Morgan fingerprint density at radius 3 is 2.32 bits per heavy atom. The summed E-state index contributed by atoms with van der Waals surface area (Å²) in [5.74, 6) is 0.208. The van der Waals surface area contributed by atoms with E-state index in [9.17, 15) is 18.0 Å². The molecule has 19 heavy (non-hydrogen) atoms. The van der Waals surface area contributed by atoms with Crippen LogP contribution in [0.15, 0.2) is 24.3 Å². The van der Waals surface area contributed by atoms with Gasteiger partial charge >= 0.3 is 6.18 Å². The fraction of sp³-hybridized carbons (Fsp3) is 0.533. The number of carbonyl (C=O) groups excluding carboxylic acids is 1. The van der Waals surface area contributed by atoms with Gasteiger partial charge in [0.15, 0.2) is 0 Å². The molecule has 1 aromatic rings. The number of carbonyl (C=O) groups is 1. The van der Waals surface area contributed by atoms with Crippen LogP contribution in [0.3, 0.4) is 0 Å². The summed E-state index contributed by atoms with van der Waals surface area (Å²) >= 11 is 0. The molecule has 1 aliphatic rings. The number of hydrogen-bond acceptors (Lipinski definition) is 1. The predicted molar refractivity (Wildman–Crippen MR) is 66.8 cm³/mol. The third-order valence-corrected chi connectivity index (χ3v) is 3.97. The second-order valence-electron chi connectivity index (χ2n) is 5.23. The van der Waals surface area contributed by atoms with Crippen molar-refractivity contribution in [1.82, 2.24) is 0 Å². The van der Waals surface area contributed by atoms with Gasteiger partial charge in [-0.1, -0.05) is 25.5 Å². The fourth-order valence-electron chi connectivity index (χ4n) is 2.75. The van der Waals surface area contributed by atoms with Crippen LogP contribution >= 0.6 is 0 Å². The molecule has 104 valence electrons. The number of rotatable bonds is 2. The lowest BCUT2D eigenvalue weighted by atomic mass is 9.77. The molecule has 1 unspecified atom stereocenters. The monoisotopic (exact) mass is 270 g/mol. The Morgan fingerprint density at radius 2 is 1.79 bits per heavy atom. The Morgan fingerprint density at radius 1 is 1.16 bits per heavy atom. The molecule has 1 nitrogen and oxygen atoms in total. The predicted octanol–water partition coefficient (Wildman–Crippen LogP) is 4.57. The van der Waals surface area contributed by atoms with Gasteiger partial charge in [0.05, 0.1) is 5.56 Å². The Balaban J connectivity index is 2.15. The maximum atomic E-state index is 12.5. The van der Waals surface area contributed by atoms with Crippen LogP contribution in [0, 0.1) is 5.92 Å². The molecule has 0 radical (unpaired) electrons. The van der Waals surface area contributed by atoms with Gasteiger partial charge in [-0.2, -0.15) is 13.2 Å².